The zero-order valence-electron chi connectivity index (χ0n) is 19.5. The van der Waals surface area contributed by atoms with Gasteiger partial charge in [0.2, 0.25) is 0 Å². The van der Waals surface area contributed by atoms with Crippen LogP contribution in [-0.4, -0.2) is 38.5 Å². The van der Waals surface area contributed by atoms with E-state index in [0.29, 0.717) is 17.0 Å². The summed E-state index contributed by atoms with van der Waals surface area (Å²) in [5, 5.41) is 21.0. The summed E-state index contributed by atoms with van der Waals surface area (Å²) in [5.41, 5.74) is -3.05. The molecule has 4 rings (SSSR count). The van der Waals surface area contributed by atoms with Crippen LogP contribution in [-0.2, 0) is 15.8 Å². The Morgan fingerprint density at radius 3 is 2.36 bits per heavy atom. The molecule has 1 amide bonds. The first-order valence-electron chi connectivity index (χ1n) is 11.3. The quantitative estimate of drug-likeness (QED) is 0.453. The number of likely N-dealkylation sites (tertiary alicyclic amines) is 1. The number of carbonyl (C=O) groups excluding carboxylic acids is 1. The van der Waals surface area contributed by atoms with Crippen LogP contribution in [0.4, 0.5) is 13.2 Å². The smallest absolute Gasteiger partial charge is 0.416 e. The maximum absolute atomic E-state index is 13.9. The van der Waals surface area contributed by atoms with Gasteiger partial charge in [-0.15, -0.1) is 0 Å². The van der Waals surface area contributed by atoms with Crippen LogP contribution in [0.5, 0.6) is 0 Å². The Hall–Kier alpha value is -3.82. The summed E-state index contributed by atoms with van der Waals surface area (Å²) >= 11 is 0. The number of nitrogens with zero attached hydrogens (tertiary/aromatic N) is 1. The number of carboxylic acid groups (broad SMARTS) is 2. The lowest BCUT2D eigenvalue weighted by Gasteiger charge is -2.38. The minimum Gasteiger partial charge on any atom is -0.481 e. The van der Waals surface area contributed by atoms with Crippen LogP contribution in [0.25, 0.3) is 11.0 Å². The van der Waals surface area contributed by atoms with Crippen molar-refractivity contribution in [3.63, 3.8) is 0 Å². The summed E-state index contributed by atoms with van der Waals surface area (Å²) in [6.07, 6.45) is -5.26. The summed E-state index contributed by atoms with van der Waals surface area (Å²) in [7, 11) is 0. The van der Waals surface area contributed by atoms with Gasteiger partial charge in [-0.25, -0.2) is 4.79 Å². The van der Waals surface area contributed by atoms with Crippen LogP contribution in [0.2, 0.25) is 0 Å². The largest absolute Gasteiger partial charge is 0.481 e. The highest BCUT2D eigenvalue weighted by molar-refractivity contribution is 6.00. The van der Waals surface area contributed by atoms with Crippen molar-refractivity contribution in [3.05, 3.63) is 71.5 Å². The van der Waals surface area contributed by atoms with Gasteiger partial charge in [0.05, 0.1) is 11.5 Å². The Balaban J connectivity index is 1.95. The molecule has 1 aliphatic rings. The number of carboxylic acids is 2. The molecule has 2 N–H and O–H groups in total. The summed E-state index contributed by atoms with van der Waals surface area (Å²) in [6.45, 7) is 3.45. The first kappa shape index (κ1) is 25.3. The number of halogens is 3. The number of rotatable bonds is 6. The van der Waals surface area contributed by atoms with Crippen molar-refractivity contribution in [2.75, 3.05) is 0 Å². The van der Waals surface area contributed by atoms with Gasteiger partial charge in [0, 0.05) is 10.9 Å². The lowest BCUT2D eigenvalue weighted by Crippen LogP contribution is -2.54. The molecule has 1 saturated heterocycles. The van der Waals surface area contributed by atoms with Crippen LogP contribution in [0.1, 0.15) is 54.4 Å². The number of alkyl halides is 3. The van der Waals surface area contributed by atoms with Gasteiger partial charge in [0.25, 0.3) is 5.91 Å². The zero-order valence-corrected chi connectivity index (χ0v) is 19.5. The predicted molar refractivity (Wildman–Crippen MR) is 122 cm³/mol. The van der Waals surface area contributed by atoms with Crippen molar-refractivity contribution in [1.29, 1.82) is 0 Å². The lowest BCUT2D eigenvalue weighted by atomic mass is 9.83. The molecular weight excluding hydrogens is 479 g/mol. The molecule has 1 aromatic heterocycles. The van der Waals surface area contributed by atoms with E-state index >= 15 is 0 Å². The molecule has 0 saturated carbocycles. The number of hydrogen-bond acceptors (Lipinski definition) is 4. The summed E-state index contributed by atoms with van der Waals surface area (Å²) < 4.78 is 46.0. The van der Waals surface area contributed by atoms with Gasteiger partial charge in [-0.3, -0.25) is 9.59 Å². The van der Waals surface area contributed by atoms with Gasteiger partial charge in [-0.1, -0.05) is 38.1 Å². The highest BCUT2D eigenvalue weighted by Gasteiger charge is 2.61. The number of benzene rings is 2. The third-order valence-electron chi connectivity index (χ3n) is 6.53. The molecule has 0 bridgehead atoms. The molecule has 0 spiro atoms. The molecule has 1 aliphatic heterocycles. The fourth-order valence-corrected chi connectivity index (χ4v) is 5.14. The van der Waals surface area contributed by atoms with Gasteiger partial charge < -0.3 is 19.5 Å². The van der Waals surface area contributed by atoms with E-state index in [9.17, 15) is 37.8 Å². The average molecular weight is 503 g/mol. The van der Waals surface area contributed by atoms with E-state index in [4.69, 9.17) is 4.42 Å². The van der Waals surface area contributed by atoms with Crippen molar-refractivity contribution in [3.8, 4) is 0 Å². The van der Waals surface area contributed by atoms with Crippen molar-refractivity contribution in [2.24, 2.45) is 11.8 Å². The van der Waals surface area contributed by atoms with E-state index in [1.807, 2.05) is 0 Å². The molecule has 3 aromatic rings. The predicted octanol–water partition coefficient (Wildman–Crippen LogP) is 5.61. The third kappa shape index (κ3) is 4.31. The molecule has 2 heterocycles. The first-order valence-corrected chi connectivity index (χ1v) is 11.3. The van der Waals surface area contributed by atoms with Crippen molar-refractivity contribution < 1.29 is 42.2 Å². The number of amides is 1. The van der Waals surface area contributed by atoms with Gasteiger partial charge in [-0.2, -0.15) is 13.2 Å². The first-order chi connectivity index (χ1) is 16.8. The summed E-state index contributed by atoms with van der Waals surface area (Å²) in [5.74, 6) is -5.37. The van der Waals surface area contributed by atoms with E-state index in [2.05, 4.69) is 0 Å². The second-order valence-corrected chi connectivity index (χ2v) is 9.47. The Kier molecular flexibility index (Phi) is 6.32. The lowest BCUT2D eigenvalue weighted by molar-refractivity contribution is -0.150. The monoisotopic (exact) mass is 503 g/mol. The number of para-hydroxylation sites is 1. The maximum Gasteiger partial charge on any atom is 0.416 e. The van der Waals surface area contributed by atoms with E-state index in [1.54, 1.807) is 38.1 Å². The number of furan rings is 1. The third-order valence-corrected chi connectivity index (χ3v) is 6.53. The molecule has 36 heavy (non-hydrogen) atoms. The van der Waals surface area contributed by atoms with Crippen molar-refractivity contribution >= 4 is 28.8 Å². The van der Waals surface area contributed by atoms with Crippen LogP contribution < -0.4 is 0 Å². The SMILES string of the molecule is CC(C)CC1(C(=O)O)CC(C(=O)O)C(c2cc3ccccc3o2)N1C(=O)c1cccc(C(F)(F)F)c1. The minimum absolute atomic E-state index is 0.0517. The van der Waals surface area contributed by atoms with Crippen LogP contribution in [0.3, 0.4) is 0 Å². The van der Waals surface area contributed by atoms with Crippen LogP contribution in [0.15, 0.2) is 59.0 Å². The fourth-order valence-electron chi connectivity index (χ4n) is 5.14. The van der Waals surface area contributed by atoms with E-state index in [-0.39, 0.29) is 18.1 Å². The average Bonchev–Trinajstić information content (AvgIpc) is 3.37. The zero-order chi connectivity index (χ0) is 26.4. The molecule has 3 atom stereocenters. The van der Waals surface area contributed by atoms with Gasteiger partial charge in [-0.05, 0) is 49.1 Å². The molecule has 190 valence electrons. The number of carbonyl (C=O) groups is 3. The number of aliphatic carboxylic acids is 2. The van der Waals surface area contributed by atoms with Gasteiger partial charge >= 0.3 is 18.1 Å². The van der Waals surface area contributed by atoms with Crippen LogP contribution >= 0.6 is 0 Å². The molecule has 2 aromatic carbocycles. The highest BCUT2D eigenvalue weighted by atomic mass is 19.4. The van der Waals surface area contributed by atoms with Crippen molar-refractivity contribution in [2.45, 2.75) is 44.4 Å². The van der Waals surface area contributed by atoms with E-state index in [0.717, 1.165) is 23.1 Å². The molecular formula is C26H24F3NO6. The number of fused-ring (bicyclic) bond motifs is 1. The summed E-state index contributed by atoms with van der Waals surface area (Å²) in [4.78, 5) is 39.9. The standard InChI is InChI=1S/C26H24F3NO6/c1-14(2)12-25(24(34)35)13-18(23(32)33)21(20-11-15-6-3-4-9-19(15)36-20)30(25)22(31)16-7-5-8-17(10-16)26(27,28)29/h3-11,14,18,21H,12-13H2,1-2H3,(H,32,33)(H,34,35). The van der Waals surface area contributed by atoms with Gasteiger partial charge in [0.15, 0.2) is 0 Å². The van der Waals surface area contributed by atoms with Crippen LogP contribution in [0, 0.1) is 11.8 Å². The number of hydrogen-bond donors (Lipinski definition) is 2. The highest BCUT2D eigenvalue weighted by Crippen LogP contribution is 2.51. The maximum atomic E-state index is 13.9. The van der Waals surface area contributed by atoms with E-state index < -0.39 is 59.1 Å². The molecule has 10 heteroatoms. The molecule has 1 fully saturated rings. The molecule has 0 radical (unpaired) electrons. The Morgan fingerprint density at radius 1 is 1.08 bits per heavy atom. The van der Waals surface area contributed by atoms with Gasteiger partial charge in [0.1, 0.15) is 22.9 Å². The Labute approximate surface area is 204 Å². The topological polar surface area (TPSA) is 108 Å². The Bertz CT molecular complexity index is 1300. The second-order valence-electron chi connectivity index (χ2n) is 9.47. The summed E-state index contributed by atoms with van der Waals surface area (Å²) in [6, 6.07) is 10.6. The van der Waals surface area contributed by atoms with Crippen molar-refractivity contribution in [1.82, 2.24) is 4.90 Å². The van der Waals surface area contributed by atoms with E-state index in [1.165, 1.54) is 6.07 Å². The molecule has 7 nitrogen and oxygen atoms in total. The Morgan fingerprint density at radius 2 is 1.78 bits per heavy atom. The minimum atomic E-state index is -4.73. The second kappa shape index (κ2) is 9.00. The molecule has 3 unspecified atom stereocenters. The fraction of sp³-hybridized carbons (Fsp3) is 0.346. The normalized spacial score (nSPS) is 22.3. The molecule has 0 aliphatic carbocycles.